The van der Waals surface area contributed by atoms with Crippen molar-refractivity contribution in [1.29, 1.82) is 0 Å². The topological polar surface area (TPSA) is 28.7 Å². The number of hydrogen-bond acceptors (Lipinski definition) is 2. The Kier molecular flexibility index (Phi) is 1.79. The Morgan fingerprint density at radius 1 is 1.55 bits per heavy atom. The van der Waals surface area contributed by atoms with E-state index in [1.54, 1.807) is 11.3 Å². The first-order valence-electron chi connectivity index (χ1n) is 3.11. The standard InChI is InChI=1S/C7H5BrN2S/c8-7-4-5(9-10-7)6-2-1-3-11-6/h1-4H,(H,9,10). The lowest BCUT2D eigenvalue weighted by molar-refractivity contribution is 1.08. The van der Waals surface area contributed by atoms with E-state index in [0.29, 0.717) is 0 Å². The molecule has 1 N–H and O–H groups in total. The summed E-state index contributed by atoms with van der Waals surface area (Å²) in [5, 5.41) is 8.97. The van der Waals surface area contributed by atoms with E-state index in [9.17, 15) is 0 Å². The highest BCUT2D eigenvalue weighted by Crippen LogP contribution is 2.24. The molecule has 0 amide bonds. The summed E-state index contributed by atoms with van der Waals surface area (Å²) < 4.78 is 0.918. The third kappa shape index (κ3) is 1.36. The molecule has 2 heterocycles. The molecule has 2 aromatic heterocycles. The van der Waals surface area contributed by atoms with Gasteiger partial charge in [0.1, 0.15) is 10.3 Å². The SMILES string of the molecule is Brc1cc(-c2cccs2)n[nH]1. The van der Waals surface area contributed by atoms with Crippen LogP contribution in [-0.2, 0) is 0 Å². The van der Waals surface area contributed by atoms with Crippen LogP contribution in [-0.4, -0.2) is 10.2 Å². The Balaban J connectivity index is 2.45. The monoisotopic (exact) mass is 228 g/mol. The summed E-state index contributed by atoms with van der Waals surface area (Å²) in [7, 11) is 0. The molecule has 0 spiro atoms. The second kappa shape index (κ2) is 2.79. The van der Waals surface area contributed by atoms with Crippen LogP contribution in [0, 0.1) is 0 Å². The molecule has 0 atom stereocenters. The predicted octanol–water partition coefficient (Wildman–Crippen LogP) is 2.90. The number of nitrogens with zero attached hydrogens (tertiary/aromatic N) is 1. The van der Waals surface area contributed by atoms with Crippen LogP contribution in [0.2, 0.25) is 0 Å². The highest BCUT2D eigenvalue weighted by atomic mass is 79.9. The maximum Gasteiger partial charge on any atom is 0.103 e. The van der Waals surface area contributed by atoms with E-state index in [-0.39, 0.29) is 0 Å². The van der Waals surface area contributed by atoms with Crippen LogP contribution in [0.15, 0.2) is 28.2 Å². The van der Waals surface area contributed by atoms with Crippen LogP contribution in [0.4, 0.5) is 0 Å². The first kappa shape index (κ1) is 7.06. The second-order valence-corrected chi connectivity index (χ2v) is 3.88. The molecule has 0 aliphatic carbocycles. The molecule has 2 aromatic rings. The molecule has 0 bridgehead atoms. The second-order valence-electron chi connectivity index (χ2n) is 2.08. The van der Waals surface area contributed by atoms with Gasteiger partial charge in [0.2, 0.25) is 0 Å². The molecule has 4 heteroatoms. The molecule has 2 rings (SSSR count). The number of hydrogen-bond donors (Lipinski definition) is 1. The maximum absolute atomic E-state index is 4.10. The van der Waals surface area contributed by atoms with Gasteiger partial charge in [-0.25, -0.2) is 0 Å². The lowest BCUT2D eigenvalue weighted by Crippen LogP contribution is -1.69. The highest BCUT2D eigenvalue weighted by Gasteiger charge is 2.01. The first-order chi connectivity index (χ1) is 5.36. The van der Waals surface area contributed by atoms with Gasteiger partial charge in [0.25, 0.3) is 0 Å². The van der Waals surface area contributed by atoms with Gasteiger partial charge in [-0.3, -0.25) is 5.10 Å². The minimum Gasteiger partial charge on any atom is -0.271 e. The molecule has 0 unspecified atom stereocenters. The minimum atomic E-state index is 0.918. The molecule has 0 saturated carbocycles. The van der Waals surface area contributed by atoms with Crippen molar-refractivity contribution in [2.75, 3.05) is 0 Å². The Bertz CT molecular complexity index is 339. The lowest BCUT2D eigenvalue weighted by Gasteiger charge is -1.83. The fourth-order valence-corrected chi connectivity index (χ4v) is 1.84. The fraction of sp³-hybridized carbons (Fsp3) is 0. The number of aromatic amines is 1. The predicted molar refractivity (Wildman–Crippen MR) is 49.6 cm³/mol. The van der Waals surface area contributed by atoms with Crippen molar-refractivity contribution >= 4 is 27.3 Å². The van der Waals surface area contributed by atoms with E-state index in [1.165, 1.54) is 4.88 Å². The molecule has 2 nitrogen and oxygen atoms in total. The number of thiophene rings is 1. The van der Waals surface area contributed by atoms with Crippen LogP contribution in [0.3, 0.4) is 0 Å². The minimum absolute atomic E-state index is 0.918. The van der Waals surface area contributed by atoms with Crippen LogP contribution in [0.5, 0.6) is 0 Å². The Labute approximate surface area is 76.4 Å². The number of rotatable bonds is 1. The zero-order valence-corrected chi connectivity index (χ0v) is 7.95. The van der Waals surface area contributed by atoms with Crippen LogP contribution in [0.25, 0.3) is 10.6 Å². The normalized spacial score (nSPS) is 10.3. The van der Waals surface area contributed by atoms with Gasteiger partial charge in [0, 0.05) is 0 Å². The summed E-state index contributed by atoms with van der Waals surface area (Å²) in [5.41, 5.74) is 0.992. The Morgan fingerprint density at radius 3 is 3.00 bits per heavy atom. The Hall–Kier alpha value is -0.610. The highest BCUT2D eigenvalue weighted by molar-refractivity contribution is 9.10. The van der Waals surface area contributed by atoms with E-state index < -0.39 is 0 Å². The maximum atomic E-state index is 4.10. The summed E-state index contributed by atoms with van der Waals surface area (Å²) in [5.74, 6) is 0. The van der Waals surface area contributed by atoms with Gasteiger partial charge >= 0.3 is 0 Å². The van der Waals surface area contributed by atoms with Gasteiger partial charge in [-0.2, -0.15) is 5.10 Å². The van der Waals surface area contributed by atoms with E-state index >= 15 is 0 Å². The zero-order chi connectivity index (χ0) is 7.68. The third-order valence-electron chi connectivity index (χ3n) is 1.32. The van der Waals surface area contributed by atoms with E-state index in [0.717, 1.165) is 10.3 Å². The molecular weight excluding hydrogens is 224 g/mol. The summed E-state index contributed by atoms with van der Waals surface area (Å²) >= 11 is 4.99. The molecule has 0 aliphatic rings. The fourth-order valence-electron chi connectivity index (χ4n) is 0.849. The largest absolute Gasteiger partial charge is 0.271 e. The summed E-state index contributed by atoms with van der Waals surface area (Å²) in [6, 6.07) is 6.03. The molecule has 0 fully saturated rings. The van der Waals surface area contributed by atoms with Gasteiger partial charge in [0.05, 0.1) is 4.88 Å². The van der Waals surface area contributed by atoms with Gasteiger partial charge in [-0.05, 0) is 33.4 Å². The van der Waals surface area contributed by atoms with Crippen LogP contribution < -0.4 is 0 Å². The molecule has 0 saturated heterocycles. The van der Waals surface area contributed by atoms with Crippen molar-refractivity contribution in [3.8, 4) is 10.6 Å². The van der Waals surface area contributed by atoms with Crippen molar-refractivity contribution in [2.45, 2.75) is 0 Å². The summed E-state index contributed by atoms with van der Waals surface area (Å²) in [4.78, 5) is 1.19. The van der Waals surface area contributed by atoms with Crippen molar-refractivity contribution in [3.05, 3.63) is 28.2 Å². The van der Waals surface area contributed by atoms with E-state index in [4.69, 9.17) is 0 Å². The molecule has 56 valence electrons. The van der Waals surface area contributed by atoms with Crippen molar-refractivity contribution < 1.29 is 0 Å². The molecular formula is C7H5BrN2S. The van der Waals surface area contributed by atoms with Gasteiger partial charge in [0.15, 0.2) is 0 Å². The number of H-pyrrole nitrogens is 1. The van der Waals surface area contributed by atoms with Gasteiger partial charge < -0.3 is 0 Å². The number of halogens is 1. The smallest absolute Gasteiger partial charge is 0.103 e. The van der Waals surface area contributed by atoms with Crippen LogP contribution >= 0.6 is 27.3 Å². The average molecular weight is 229 g/mol. The summed E-state index contributed by atoms with van der Waals surface area (Å²) in [6.45, 7) is 0. The first-order valence-corrected chi connectivity index (χ1v) is 4.78. The quantitative estimate of drug-likeness (QED) is 0.800. The molecule has 0 aliphatic heterocycles. The average Bonchev–Trinajstić information content (AvgIpc) is 2.55. The van der Waals surface area contributed by atoms with Crippen molar-refractivity contribution in [1.82, 2.24) is 10.2 Å². The van der Waals surface area contributed by atoms with Gasteiger partial charge in [-0.15, -0.1) is 11.3 Å². The van der Waals surface area contributed by atoms with Crippen LogP contribution in [0.1, 0.15) is 0 Å². The van der Waals surface area contributed by atoms with E-state index in [2.05, 4.69) is 26.1 Å². The lowest BCUT2D eigenvalue weighted by atomic mass is 10.3. The molecule has 0 radical (unpaired) electrons. The van der Waals surface area contributed by atoms with Gasteiger partial charge in [-0.1, -0.05) is 6.07 Å². The van der Waals surface area contributed by atoms with Crippen molar-refractivity contribution in [3.63, 3.8) is 0 Å². The van der Waals surface area contributed by atoms with E-state index in [1.807, 2.05) is 23.6 Å². The summed E-state index contributed by atoms with van der Waals surface area (Å²) in [6.07, 6.45) is 0. The third-order valence-corrected chi connectivity index (χ3v) is 2.62. The molecule has 11 heavy (non-hydrogen) atoms. The number of nitrogens with one attached hydrogen (secondary N) is 1. The Morgan fingerprint density at radius 2 is 2.45 bits per heavy atom. The zero-order valence-electron chi connectivity index (χ0n) is 5.54. The van der Waals surface area contributed by atoms with Crippen molar-refractivity contribution in [2.24, 2.45) is 0 Å². The number of aromatic nitrogens is 2. The molecule has 0 aromatic carbocycles.